The number of nitrogens with zero attached hydrogens (tertiary/aromatic N) is 2. The van der Waals surface area contributed by atoms with E-state index >= 15 is 0 Å². The molecule has 40 heavy (non-hydrogen) atoms. The largest absolute Gasteiger partial charge is 0.465 e. The van der Waals surface area contributed by atoms with Crippen molar-refractivity contribution in [1.82, 2.24) is 10.6 Å². The van der Waals surface area contributed by atoms with Gasteiger partial charge in [0.1, 0.15) is 0 Å². The highest BCUT2D eigenvalue weighted by atomic mass is 16.5. The van der Waals surface area contributed by atoms with E-state index in [1.165, 1.54) is 0 Å². The molecular weight excluding hydrogens is 504 g/mol. The third-order valence-corrected chi connectivity index (χ3v) is 7.61. The van der Waals surface area contributed by atoms with E-state index in [0.717, 1.165) is 48.2 Å². The summed E-state index contributed by atoms with van der Waals surface area (Å²) in [4.78, 5) is 25.0. The van der Waals surface area contributed by atoms with E-state index in [4.69, 9.17) is 9.47 Å². The normalized spacial score (nSPS) is 24.8. The Morgan fingerprint density at radius 3 is 1.52 bits per heavy atom. The maximum Gasteiger partial charge on any atom is 0.327 e. The van der Waals surface area contributed by atoms with Crippen LogP contribution in [-0.2, 0) is 19.1 Å². The Morgan fingerprint density at radius 1 is 0.825 bits per heavy atom. The van der Waals surface area contributed by atoms with Gasteiger partial charge in [-0.3, -0.25) is 9.59 Å². The van der Waals surface area contributed by atoms with Gasteiger partial charge in [0, 0.05) is 23.5 Å². The number of hydrogen-bond acceptors (Lipinski definition) is 8. The maximum atomic E-state index is 12.5. The summed E-state index contributed by atoms with van der Waals surface area (Å²) in [7, 11) is 0. The summed E-state index contributed by atoms with van der Waals surface area (Å²) < 4.78 is 10.3. The quantitative estimate of drug-likeness (QED) is 0.350. The fourth-order valence-electron chi connectivity index (χ4n) is 6.05. The number of ether oxygens (including phenoxy) is 2. The molecule has 0 aliphatic heterocycles. The predicted molar refractivity (Wildman–Crippen MR) is 153 cm³/mol. The summed E-state index contributed by atoms with van der Waals surface area (Å²) in [6.45, 7) is 12.4. The maximum absolute atomic E-state index is 12.5. The van der Waals surface area contributed by atoms with Crippen LogP contribution < -0.4 is 10.6 Å². The molecule has 3 aliphatic carbocycles. The van der Waals surface area contributed by atoms with Gasteiger partial charge in [0.2, 0.25) is 0 Å². The zero-order valence-corrected chi connectivity index (χ0v) is 24.8. The molecule has 0 aromatic heterocycles. The summed E-state index contributed by atoms with van der Waals surface area (Å²) >= 11 is 0. The Kier molecular flexibility index (Phi) is 10.3. The van der Waals surface area contributed by atoms with Gasteiger partial charge in [0.05, 0.1) is 25.4 Å². The minimum Gasteiger partial charge on any atom is -0.465 e. The lowest BCUT2D eigenvalue weighted by Crippen LogP contribution is -2.49. The molecule has 0 heterocycles. The third-order valence-electron chi connectivity index (χ3n) is 7.61. The molecule has 0 radical (unpaired) electrons. The van der Waals surface area contributed by atoms with Crippen LogP contribution in [0.2, 0.25) is 0 Å². The number of hydrogen-bond donors (Lipinski definition) is 2. The standard InChI is InChI=1S/C32H44N4O4/c1-7-39-29(37)25(19-33)21-13-23(17-31(3,4)15-21)35-27-11-9-10-12-28(27)36-24-14-22(16-32(5,6)18-24)26(20-34)30(38)40-8-2/h13-14,17-18,25-28,35-36H,7-12,15-16H2,1-6H3. The van der Waals surface area contributed by atoms with Gasteiger partial charge in [-0.15, -0.1) is 0 Å². The van der Waals surface area contributed by atoms with Crippen molar-refractivity contribution in [3.63, 3.8) is 0 Å². The van der Waals surface area contributed by atoms with E-state index in [1.807, 2.05) is 12.2 Å². The van der Waals surface area contributed by atoms with Crippen LogP contribution in [0.4, 0.5) is 0 Å². The van der Waals surface area contributed by atoms with Crippen LogP contribution in [0.25, 0.3) is 0 Å². The SMILES string of the molecule is CCOC(=O)C(C#N)C1=CC(NC2CCCCC2NC2=CC(C)(C)CC(C(C#N)C(=O)OCC)=C2)=CC(C)(C)C1. The van der Waals surface area contributed by atoms with Crippen LogP contribution in [0.15, 0.2) is 46.8 Å². The lowest BCUT2D eigenvalue weighted by atomic mass is 9.76. The average Bonchev–Trinajstić information content (AvgIpc) is 2.84. The number of nitriles is 2. The minimum atomic E-state index is -0.921. The van der Waals surface area contributed by atoms with Gasteiger partial charge in [0.15, 0.2) is 11.8 Å². The first-order valence-corrected chi connectivity index (χ1v) is 14.4. The molecular formula is C32H44N4O4. The van der Waals surface area contributed by atoms with Gasteiger partial charge in [-0.1, -0.05) is 52.7 Å². The fourth-order valence-corrected chi connectivity index (χ4v) is 6.05. The van der Waals surface area contributed by atoms with E-state index in [1.54, 1.807) is 13.8 Å². The lowest BCUT2D eigenvalue weighted by Gasteiger charge is -2.38. The summed E-state index contributed by atoms with van der Waals surface area (Å²) in [6.07, 6.45) is 13.6. The summed E-state index contributed by atoms with van der Waals surface area (Å²) in [6, 6.07) is 4.52. The van der Waals surface area contributed by atoms with E-state index in [2.05, 4.69) is 62.6 Å². The minimum absolute atomic E-state index is 0.120. The highest BCUT2D eigenvalue weighted by Gasteiger charge is 2.35. The van der Waals surface area contributed by atoms with Crippen molar-refractivity contribution in [1.29, 1.82) is 10.5 Å². The van der Waals surface area contributed by atoms with Crippen molar-refractivity contribution in [2.75, 3.05) is 13.2 Å². The van der Waals surface area contributed by atoms with Crippen molar-refractivity contribution in [3.8, 4) is 12.1 Å². The van der Waals surface area contributed by atoms with Gasteiger partial charge in [0.25, 0.3) is 0 Å². The summed E-state index contributed by atoms with van der Waals surface area (Å²) in [5.41, 5.74) is 2.91. The molecule has 4 unspecified atom stereocenters. The molecule has 0 aromatic carbocycles. The number of esters is 2. The Labute approximate surface area is 239 Å². The zero-order valence-electron chi connectivity index (χ0n) is 24.8. The molecule has 0 amide bonds. The molecule has 0 aromatic rings. The zero-order chi connectivity index (χ0) is 29.5. The molecule has 0 spiro atoms. The molecule has 1 saturated carbocycles. The molecule has 0 saturated heterocycles. The smallest absolute Gasteiger partial charge is 0.327 e. The Bertz CT molecular complexity index is 1090. The van der Waals surface area contributed by atoms with Crippen molar-refractivity contribution >= 4 is 11.9 Å². The molecule has 216 valence electrons. The molecule has 0 bridgehead atoms. The van der Waals surface area contributed by atoms with Crippen LogP contribution in [0, 0.1) is 45.3 Å². The molecule has 3 rings (SSSR count). The van der Waals surface area contributed by atoms with Crippen LogP contribution >= 0.6 is 0 Å². The molecule has 2 N–H and O–H groups in total. The first kappa shape index (κ1) is 31.0. The second kappa shape index (κ2) is 13.2. The fraction of sp³-hybridized carbons (Fsp3) is 0.625. The van der Waals surface area contributed by atoms with Gasteiger partial charge in [-0.25, -0.2) is 0 Å². The predicted octanol–water partition coefficient (Wildman–Crippen LogP) is 5.36. The first-order chi connectivity index (χ1) is 18.9. The number of carbonyl (C=O) groups is 2. The topological polar surface area (TPSA) is 124 Å². The van der Waals surface area contributed by atoms with Crippen LogP contribution in [-0.4, -0.2) is 37.2 Å². The number of rotatable bonds is 10. The average molecular weight is 549 g/mol. The van der Waals surface area contributed by atoms with Gasteiger partial charge < -0.3 is 20.1 Å². The summed E-state index contributed by atoms with van der Waals surface area (Å²) in [5.74, 6) is -2.84. The first-order valence-electron chi connectivity index (χ1n) is 14.4. The monoisotopic (exact) mass is 548 g/mol. The van der Waals surface area contributed by atoms with E-state index in [-0.39, 0.29) is 36.1 Å². The van der Waals surface area contributed by atoms with Crippen molar-refractivity contribution in [3.05, 3.63) is 46.8 Å². The molecule has 3 aliphatic rings. The number of allylic oxidation sites excluding steroid dienone is 4. The Hall–Kier alpha value is -3.52. The second-order valence-electron chi connectivity index (χ2n) is 12.4. The van der Waals surface area contributed by atoms with E-state index < -0.39 is 23.8 Å². The van der Waals surface area contributed by atoms with Gasteiger partial charge in [-0.05, 0) is 73.7 Å². The number of nitrogens with one attached hydrogen (secondary N) is 2. The van der Waals surface area contributed by atoms with E-state index in [9.17, 15) is 20.1 Å². The Balaban J connectivity index is 1.84. The molecule has 8 nitrogen and oxygen atoms in total. The third kappa shape index (κ3) is 8.01. The van der Waals surface area contributed by atoms with Crippen LogP contribution in [0.3, 0.4) is 0 Å². The molecule has 1 fully saturated rings. The van der Waals surface area contributed by atoms with Crippen LogP contribution in [0.1, 0.15) is 80.1 Å². The van der Waals surface area contributed by atoms with Crippen molar-refractivity contribution in [2.24, 2.45) is 22.7 Å². The second-order valence-corrected chi connectivity index (χ2v) is 12.4. The Morgan fingerprint density at radius 2 is 1.20 bits per heavy atom. The lowest BCUT2D eigenvalue weighted by molar-refractivity contribution is -0.145. The van der Waals surface area contributed by atoms with Crippen LogP contribution in [0.5, 0.6) is 0 Å². The van der Waals surface area contributed by atoms with Gasteiger partial charge in [-0.2, -0.15) is 10.5 Å². The van der Waals surface area contributed by atoms with E-state index in [0.29, 0.717) is 12.8 Å². The van der Waals surface area contributed by atoms with Gasteiger partial charge >= 0.3 is 11.9 Å². The highest BCUT2D eigenvalue weighted by molar-refractivity contribution is 5.79. The molecule has 8 heteroatoms. The summed E-state index contributed by atoms with van der Waals surface area (Å²) in [5, 5.41) is 27.0. The van der Waals surface area contributed by atoms with Crippen molar-refractivity contribution in [2.45, 2.75) is 92.2 Å². The van der Waals surface area contributed by atoms with Crippen molar-refractivity contribution < 1.29 is 19.1 Å². The molecule has 4 atom stereocenters. The highest BCUT2D eigenvalue weighted by Crippen LogP contribution is 2.38. The number of carbonyl (C=O) groups excluding carboxylic acids is 2.